The standard InChI is InChI=1S/C31H35N5O3/c1-22-9-7-11-24(19-22)16-17-35(29(37)21-36-28-15-6-5-14-27(28)33-34-36)30(26-13-4-3-10-23(26)2)31(38)32-20-25-12-8-18-39-25/h3-7,9-11,13-15,19,25,30H,8,12,16-18,20-21H2,1-2H3,(H,32,38)/t25-,30+/m1/s1. The van der Waals surface area contributed by atoms with Crippen LogP contribution in [0.4, 0.5) is 0 Å². The summed E-state index contributed by atoms with van der Waals surface area (Å²) in [6.07, 6.45) is 2.54. The summed E-state index contributed by atoms with van der Waals surface area (Å²) in [6.45, 7) is 5.53. The number of ether oxygens (including phenoxy) is 1. The van der Waals surface area contributed by atoms with Gasteiger partial charge in [-0.3, -0.25) is 9.59 Å². The average Bonchev–Trinajstić information content (AvgIpc) is 3.61. The van der Waals surface area contributed by atoms with Gasteiger partial charge in [-0.25, -0.2) is 4.68 Å². The number of aryl methyl sites for hydroxylation is 2. The van der Waals surface area contributed by atoms with Crippen molar-refractivity contribution in [2.75, 3.05) is 19.7 Å². The smallest absolute Gasteiger partial charge is 0.247 e. The molecule has 2 heterocycles. The normalized spacial score (nSPS) is 15.8. The quantitative estimate of drug-likeness (QED) is 0.336. The van der Waals surface area contributed by atoms with Crippen LogP contribution in [-0.2, 0) is 27.3 Å². The van der Waals surface area contributed by atoms with Gasteiger partial charge < -0.3 is 15.0 Å². The largest absolute Gasteiger partial charge is 0.376 e. The van der Waals surface area contributed by atoms with Crippen LogP contribution >= 0.6 is 0 Å². The Kier molecular flexibility index (Phi) is 8.32. The molecule has 202 valence electrons. The summed E-state index contributed by atoms with van der Waals surface area (Å²) in [5.41, 5.74) is 5.53. The van der Waals surface area contributed by atoms with Gasteiger partial charge in [0.05, 0.1) is 11.6 Å². The second kappa shape index (κ2) is 12.2. The Morgan fingerprint density at radius 2 is 1.90 bits per heavy atom. The van der Waals surface area contributed by atoms with Gasteiger partial charge in [0.1, 0.15) is 18.1 Å². The first kappa shape index (κ1) is 26.6. The molecule has 0 aliphatic carbocycles. The van der Waals surface area contributed by atoms with E-state index in [0.29, 0.717) is 26.1 Å². The lowest BCUT2D eigenvalue weighted by atomic mass is 9.98. The molecule has 8 nitrogen and oxygen atoms in total. The van der Waals surface area contributed by atoms with Crippen LogP contribution in [0.1, 0.15) is 41.1 Å². The summed E-state index contributed by atoms with van der Waals surface area (Å²) in [5.74, 6) is -0.403. The molecule has 0 unspecified atom stereocenters. The fourth-order valence-electron chi connectivity index (χ4n) is 5.23. The minimum atomic E-state index is -0.792. The third kappa shape index (κ3) is 6.34. The Morgan fingerprint density at radius 1 is 1.08 bits per heavy atom. The highest BCUT2D eigenvalue weighted by molar-refractivity contribution is 5.89. The topological polar surface area (TPSA) is 89.4 Å². The number of hydrogen-bond acceptors (Lipinski definition) is 5. The lowest BCUT2D eigenvalue weighted by Gasteiger charge is -2.32. The van der Waals surface area contributed by atoms with Crippen LogP contribution in [0.2, 0.25) is 0 Å². The Hall–Kier alpha value is -4.04. The second-order valence-corrected chi connectivity index (χ2v) is 10.2. The molecule has 1 fully saturated rings. The highest BCUT2D eigenvalue weighted by Crippen LogP contribution is 2.26. The molecule has 1 aliphatic rings. The van der Waals surface area contributed by atoms with Gasteiger partial charge in [-0.1, -0.05) is 71.4 Å². The van der Waals surface area contributed by atoms with E-state index >= 15 is 0 Å². The Balaban J connectivity index is 1.47. The van der Waals surface area contributed by atoms with Gasteiger partial charge in [-0.15, -0.1) is 5.10 Å². The van der Waals surface area contributed by atoms with Crippen molar-refractivity contribution in [3.63, 3.8) is 0 Å². The Morgan fingerprint density at radius 3 is 2.69 bits per heavy atom. The molecule has 2 amide bonds. The molecule has 3 aromatic carbocycles. The number of aromatic nitrogens is 3. The molecule has 5 rings (SSSR count). The SMILES string of the molecule is Cc1cccc(CCN(C(=O)Cn2nnc3ccccc32)[C@H](C(=O)NC[C@H]2CCCO2)c2ccccc2C)c1. The summed E-state index contributed by atoms with van der Waals surface area (Å²) in [4.78, 5) is 29.6. The van der Waals surface area contributed by atoms with Crippen LogP contribution in [0.25, 0.3) is 11.0 Å². The average molecular weight is 526 g/mol. The molecule has 0 saturated carbocycles. The van der Waals surface area contributed by atoms with Crippen molar-refractivity contribution in [3.8, 4) is 0 Å². The van der Waals surface area contributed by atoms with Gasteiger partial charge in [0.2, 0.25) is 11.8 Å². The summed E-state index contributed by atoms with van der Waals surface area (Å²) in [7, 11) is 0. The molecule has 4 aromatic rings. The first-order valence-electron chi connectivity index (χ1n) is 13.6. The van der Waals surface area contributed by atoms with Crippen molar-refractivity contribution in [2.24, 2.45) is 0 Å². The van der Waals surface area contributed by atoms with Crippen LogP contribution in [0, 0.1) is 13.8 Å². The molecular formula is C31H35N5O3. The fraction of sp³-hybridized carbons (Fsp3) is 0.355. The number of amides is 2. The van der Waals surface area contributed by atoms with Crippen molar-refractivity contribution in [1.82, 2.24) is 25.2 Å². The van der Waals surface area contributed by atoms with Gasteiger partial charge in [0.25, 0.3) is 0 Å². The Bertz CT molecular complexity index is 1440. The van der Waals surface area contributed by atoms with Crippen molar-refractivity contribution in [1.29, 1.82) is 0 Å². The van der Waals surface area contributed by atoms with E-state index in [4.69, 9.17) is 4.74 Å². The van der Waals surface area contributed by atoms with Gasteiger partial charge >= 0.3 is 0 Å². The molecular weight excluding hydrogens is 490 g/mol. The highest BCUT2D eigenvalue weighted by atomic mass is 16.5. The predicted octanol–water partition coefficient (Wildman–Crippen LogP) is 4.16. The first-order chi connectivity index (χ1) is 19.0. The predicted molar refractivity (Wildman–Crippen MR) is 150 cm³/mol. The molecule has 1 aliphatic heterocycles. The van der Waals surface area contributed by atoms with E-state index in [1.54, 1.807) is 9.58 Å². The van der Waals surface area contributed by atoms with Crippen LogP contribution in [0.3, 0.4) is 0 Å². The molecule has 2 atom stereocenters. The lowest BCUT2D eigenvalue weighted by Crippen LogP contribution is -2.47. The summed E-state index contributed by atoms with van der Waals surface area (Å²) < 4.78 is 7.34. The van der Waals surface area contributed by atoms with Gasteiger partial charge in [-0.05, 0) is 61.9 Å². The minimum absolute atomic E-state index is 0.00410. The molecule has 0 bridgehead atoms. The number of rotatable bonds is 10. The zero-order valence-corrected chi connectivity index (χ0v) is 22.5. The van der Waals surface area contributed by atoms with E-state index in [1.807, 2.05) is 61.5 Å². The van der Waals surface area contributed by atoms with E-state index < -0.39 is 6.04 Å². The van der Waals surface area contributed by atoms with E-state index in [2.05, 4.69) is 40.8 Å². The van der Waals surface area contributed by atoms with Crippen LogP contribution in [-0.4, -0.2) is 57.5 Å². The second-order valence-electron chi connectivity index (χ2n) is 10.2. The summed E-state index contributed by atoms with van der Waals surface area (Å²) in [5, 5.41) is 11.5. The lowest BCUT2D eigenvalue weighted by molar-refractivity contribution is -0.141. The zero-order chi connectivity index (χ0) is 27.2. The van der Waals surface area contributed by atoms with Crippen LogP contribution in [0.5, 0.6) is 0 Å². The van der Waals surface area contributed by atoms with E-state index in [9.17, 15) is 9.59 Å². The fourth-order valence-corrected chi connectivity index (χ4v) is 5.23. The maximum Gasteiger partial charge on any atom is 0.247 e. The number of para-hydroxylation sites is 1. The van der Waals surface area contributed by atoms with Crippen molar-refractivity contribution >= 4 is 22.8 Å². The molecule has 0 spiro atoms. The van der Waals surface area contributed by atoms with Crippen molar-refractivity contribution in [2.45, 2.75) is 51.8 Å². The first-order valence-corrected chi connectivity index (χ1v) is 13.6. The van der Waals surface area contributed by atoms with Gasteiger partial charge in [0, 0.05) is 19.7 Å². The van der Waals surface area contributed by atoms with E-state index in [-0.39, 0.29) is 24.5 Å². The van der Waals surface area contributed by atoms with Crippen LogP contribution < -0.4 is 5.32 Å². The Labute approximate surface area is 229 Å². The number of benzene rings is 3. The third-order valence-electron chi connectivity index (χ3n) is 7.32. The molecule has 0 radical (unpaired) electrons. The number of hydrogen-bond donors (Lipinski definition) is 1. The number of carbonyl (C=O) groups is 2. The summed E-state index contributed by atoms with van der Waals surface area (Å²) in [6, 6.07) is 22.8. The third-order valence-corrected chi connectivity index (χ3v) is 7.32. The maximum absolute atomic E-state index is 14.1. The maximum atomic E-state index is 14.1. The van der Waals surface area contributed by atoms with Crippen molar-refractivity contribution < 1.29 is 14.3 Å². The molecule has 1 aromatic heterocycles. The van der Waals surface area contributed by atoms with Crippen molar-refractivity contribution in [3.05, 3.63) is 95.1 Å². The van der Waals surface area contributed by atoms with Gasteiger partial charge in [-0.2, -0.15) is 0 Å². The number of nitrogens with one attached hydrogen (secondary N) is 1. The number of fused-ring (bicyclic) bond motifs is 1. The number of nitrogens with zero attached hydrogens (tertiary/aromatic N) is 4. The molecule has 8 heteroatoms. The summed E-state index contributed by atoms with van der Waals surface area (Å²) >= 11 is 0. The minimum Gasteiger partial charge on any atom is -0.376 e. The van der Waals surface area contributed by atoms with E-state index in [0.717, 1.165) is 46.1 Å². The zero-order valence-electron chi connectivity index (χ0n) is 22.5. The highest BCUT2D eigenvalue weighted by Gasteiger charge is 2.33. The monoisotopic (exact) mass is 525 g/mol. The molecule has 1 N–H and O–H groups in total. The van der Waals surface area contributed by atoms with Gasteiger partial charge in [0.15, 0.2) is 0 Å². The number of carbonyl (C=O) groups excluding carboxylic acids is 2. The van der Waals surface area contributed by atoms with Crippen LogP contribution in [0.15, 0.2) is 72.8 Å². The molecule has 1 saturated heterocycles. The van der Waals surface area contributed by atoms with E-state index in [1.165, 1.54) is 0 Å². The molecule has 39 heavy (non-hydrogen) atoms.